The summed E-state index contributed by atoms with van der Waals surface area (Å²) in [6, 6.07) is 0. The van der Waals surface area contributed by atoms with Crippen molar-refractivity contribution in [2.24, 2.45) is 0 Å². The van der Waals surface area contributed by atoms with Gasteiger partial charge in [-0.3, -0.25) is 18.6 Å². The average molecular weight is 979 g/mol. The molecule has 1 fully saturated rings. The fourth-order valence-corrected chi connectivity index (χ4v) is 7.17. The SMILES string of the molecule is CC/C=C\C[C@H](O)/C=C/C=C/C=C\C=C/[C@@H](O)[C@H](O)CCCC(=O)O[C@H](COC(=O)CC/C=C\C/C=C\C/C=C\C/C=C\C/C=C\CCCCC)COP(=O)(O)OC1[C@H](O)[C@H](O)C(O)[C@H](O)[C@H]1O. The Kier molecular flexibility index (Phi) is 35.6. The first-order valence-electron chi connectivity index (χ1n) is 23.7. The van der Waals surface area contributed by atoms with Crippen molar-refractivity contribution in [3.05, 3.63) is 122 Å². The van der Waals surface area contributed by atoms with Crippen molar-refractivity contribution in [3.8, 4) is 0 Å². The molecule has 1 aliphatic carbocycles. The Morgan fingerprint density at radius 2 is 1.12 bits per heavy atom. The molecule has 0 spiro atoms. The lowest BCUT2D eigenvalue weighted by Crippen LogP contribution is -2.64. The second-order valence-electron chi connectivity index (χ2n) is 16.1. The molecule has 0 aromatic rings. The van der Waals surface area contributed by atoms with Gasteiger partial charge in [-0.25, -0.2) is 4.57 Å². The van der Waals surface area contributed by atoms with Crippen LogP contribution in [0.1, 0.15) is 110 Å². The molecule has 3 unspecified atom stereocenters. The fourth-order valence-electron chi connectivity index (χ4n) is 6.20. The molecule has 16 nitrogen and oxygen atoms in total. The molecule has 17 heteroatoms. The van der Waals surface area contributed by atoms with E-state index in [9.17, 15) is 59.9 Å². The van der Waals surface area contributed by atoms with Crippen molar-refractivity contribution >= 4 is 19.8 Å². The number of carbonyl (C=O) groups excluding carboxylic acids is 2. The van der Waals surface area contributed by atoms with Gasteiger partial charge in [-0.15, -0.1) is 0 Å². The average Bonchev–Trinajstić information content (AvgIpc) is 3.31. The number of hydrogen-bond acceptors (Lipinski definition) is 15. The highest BCUT2D eigenvalue weighted by molar-refractivity contribution is 7.47. The van der Waals surface area contributed by atoms with E-state index in [1.54, 1.807) is 36.5 Å². The molecule has 0 radical (unpaired) electrons. The van der Waals surface area contributed by atoms with E-state index >= 15 is 0 Å². The Morgan fingerprint density at radius 1 is 0.588 bits per heavy atom. The number of rotatable bonds is 36. The minimum Gasteiger partial charge on any atom is -0.462 e. The number of aliphatic hydroxyl groups excluding tert-OH is 8. The number of hydrogen-bond donors (Lipinski definition) is 9. The standard InChI is InChI=1S/C51H79O16P/c1-3-5-7-8-9-10-11-12-13-14-15-16-17-18-19-20-21-26-30-36-44(55)64-38-41(39-65-68(62,63)67-51-49(60)47(58)46(57)48(59)50(51)61)66-45(56)37-31-35-43(54)42(53)34-29-25-23-22-24-28-33-40(52)32-27-6-4-2/h6,9-10,12-13,15-16,18-19,21-29,33-34,40-43,46-54,57-61H,3-5,7-8,11,14,17,20,30-32,35-39H2,1-2H3,(H,62,63)/b10-9-,13-12-,16-15-,19-18-,24-22+,25-23-,26-21-,27-6-,33-28+,34-29-/t40-,41+,42+,43+,46?,47-,48+,49+,50+,51?/m0/s1. The first kappa shape index (κ1) is 62.1. The second-order valence-corrected chi connectivity index (χ2v) is 17.5. The van der Waals surface area contributed by atoms with Crippen LogP contribution >= 0.6 is 7.82 Å². The number of aliphatic hydroxyl groups is 8. The predicted molar refractivity (Wildman–Crippen MR) is 262 cm³/mol. The lowest BCUT2D eigenvalue weighted by Gasteiger charge is -2.41. The largest absolute Gasteiger partial charge is 0.472 e. The Bertz CT molecular complexity index is 1700. The summed E-state index contributed by atoms with van der Waals surface area (Å²) in [7, 11) is -5.24. The quantitative estimate of drug-likeness (QED) is 0.0110. The van der Waals surface area contributed by atoms with Crippen LogP contribution in [0.15, 0.2) is 122 Å². The van der Waals surface area contributed by atoms with Crippen LogP contribution in [0.2, 0.25) is 0 Å². The summed E-state index contributed by atoms with van der Waals surface area (Å²) in [5.74, 6) is -1.54. The minimum atomic E-state index is -5.24. The van der Waals surface area contributed by atoms with E-state index in [1.165, 1.54) is 31.4 Å². The third kappa shape index (κ3) is 30.6. The second kappa shape index (κ2) is 38.9. The van der Waals surface area contributed by atoms with Crippen molar-refractivity contribution in [1.29, 1.82) is 0 Å². The molecule has 68 heavy (non-hydrogen) atoms. The topological polar surface area (TPSA) is 270 Å². The predicted octanol–water partition coefficient (Wildman–Crippen LogP) is 6.30. The number of esters is 2. The van der Waals surface area contributed by atoms with Gasteiger partial charge in [-0.2, -0.15) is 0 Å². The number of phosphoric ester groups is 1. The fraction of sp³-hybridized carbons (Fsp3) is 0.569. The molecule has 0 aromatic heterocycles. The molecular formula is C51H79O16P. The minimum absolute atomic E-state index is 0.0189. The summed E-state index contributed by atoms with van der Waals surface area (Å²) in [5, 5.41) is 80.8. The molecule has 0 bridgehead atoms. The van der Waals surface area contributed by atoms with Gasteiger partial charge in [0.2, 0.25) is 0 Å². The first-order chi connectivity index (χ1) is 32.6. The highest BCUT2D eigenvalue weighted by atomic mass is 31.2. The Labute approximate surface area is 403 Å². The van der Waals surface area contributed by atoms with E-state index in [-0.39, 0.29) is 25.7 Å². The van der Waals surface area contributed by atoms with Crippen molar-refractivity contribution < 1.29 is 78.4 Å². The summed E-state index contributed by atoms with van der Waals surface area (Å²) in [4.78, 5) is 35.8. The number of allylic oxidation sites excluding steroid dienone is 17. The normalized spacial score (nSPS) is 23.5. The Morgan fingerprint density at radius 3 is 1.69 bits per heavy atom. The highest BCUT2D eigenvalue weighted by Gasteiger charge is 2.51. The van der Waals surface area contributed by atoms with E-state index in [2.05, 4.69) is 43.4 Å². The van der Waals surface area contributed by atoms with E-state index in [0.29, 0.717) is 19.3 Å². The number of ether oxygens (including phenoxy) is 2. The third-order valence-corrected chi connectivity index (χ3v) is 11.1. The van der Waals surface area contributed by atoms with Crippen LogP contribution in [0.4, 0.5) is 0 Å². The van der Waals surface area contributed by atoms with Gasteiger partial charge in [-0.05, 0) is 70.6 Å². The van der Waals surface area contributed by atoms with Gasteiger partial charge in [0.1, 0.15) is 43.2 Å². The van der Waals surface area contributed by atoms with E-state index in [4.69, 9.17) is 18.5 Å². The molecule has 384 valence electrons. The van der Waals surface area contributed by atoms with Gasteiger partial charge in [0.05, 0.1) is 24.9 Å². The molecule has 0 amide bonds. The summed E-state index contributed by atoms with van der Waals surface area (Å²) >= 11 is 0. The number of unbranched alkanes of at least 4 members (excludes halogenated alkanes) is 3. The van der Waals surface area contributed by atoms with Crippen molar-refractivity contribution in [1.82, 2.24) is 0 Å². The summed E-state index contributed by atoms with van der Waals surface area (Å²) < 4.78 is 33.2. The lowest BCUT2D eigenvalue weighted by molar-refractivity contribution is -0.220. The van der Waals surface area contributed by atoms with Gasteiger partial charge in [-0.1, -0.05) is 148 Å². The molecule has 0 aromatic carbocycles. The third-order valence-electron chi connectivity index (χ3n) is 10.1. The van der Waals surface area contributed by atoms with Gasteiger partial charge >= 0.3 is 19.8 Å². The molecular weight excluding hydrogens is 900 g/mol. The molecule has 1 aliphatic rings. The maximum Gasteiger partial charge on any atom is 0.472 e. The zero-order chi connectivity index (χ0) is 50.4. The molecule has 1 saturated carbocycles. The van der Waals surface area contributed by atoms with Crippen LogP contribution in [0.25, 0.3) is 0 Å². The van der Waals surface area contributed by atoms with Gasteiger partial charge in [0, 0.05) is 12.8 Å². The van der Waals surface area contributed by atoms with E-state index < -0.39 is 94.0 Å². The van der Waals surface area contributed by atoms with Crippen LogP contribution < -0.4 is 0 Å². The number of phosphoric acid groups is 1. The number of carbonyl (C=O) groups is 2. The van der Waals surface area contributed by atoms with Gasteiger partial charge in [0.15, 0.2) is 6.10 Å². The van der Waals surface area contributed by atoms with E-state index in [0.717, 1.165) is 32.1 Å². The maximum absolute atomic E-state index is 12.8. The first-order valence-corrected chi connectivity index (χ1v) is 25.2. The summed E-state index contributed by atoms with van der Waals surface area (Å²) in [6.45, 7) is 2.71. The van der Waals surface area contributed by atoms with Crippen LogP contribution in [-0.2, 0) is 32.7 Å². The Balaban J connectivity index is 2.67. The van der Waals surface area contributed by atoms with Crippen LogP contribution in [0.3, 0.4) is 0 Å². The molecule has 0 saturated heterocycles. The monoisotopic (exact) mass is 979 g/mol. The van der Waals surface area contributed by atoms with E-state index in [1.807, 2.05) is 43.4 Å². The summed E-state index contributed by atoms with van der Waals surface area (Å²) in [6.07, 6.45) is 30.3. The Hall–Kier alpha value is -3.87. The molecule has 9 N–H and O–H groups in total. The van der Waals surface area contributed by atoms with Crippen LogP contribution in [0, 0.1) is 0 Å². The molecule has 0 heterocycles. The molecule has 0 aliphatic heterocycles. The van der Waals surface area contributed by atoms with Crippen molar-refractivity contribution in [2.45, 2.75) is 171 Å². The molecule has 1 rings (SSSR count). The van der Waals surface area contributed by atoms with Crippen molar-refractivity contribution in [3.63, 3.8) is 0 Å². The zero-order valence-electron chi connectivity index (χ0n) is 39.7. The lowest BCUT2D eigenvalue weighted by atomic mass is 9.85. The van der Waals surface area contributed by atoms with Crippen LogP contribution in [0.5, 0.6) is 0 Å². The van der Waals surface area contributed by atoms with Crippen molar-refractivity contribution in [2.75, 3.05) is 13.2 Å². The van der Waals surface area contributed by atoms with Gasteiger partial charge < -0.3 is 55.2 Å². The zero-order valence-corrected chi connectivity index (χ0v) is 40.6. The molecule has 11 atom stereocenters. The summed E-state index contributed by atoms with van der Waals surface area (Å²) in [5.41, 5.74) is 0. The highest BCUT2D eigenvalue weighted by Crippen LogP contribution is 2.47. The van der Waals surface area contributed by atoms with Crippen LogP contribution in [-0.4, -0.2) is 132 Å². The smallest absolute Gasteiger partial charge is 0.462 e. The van der Waals surface area contributed by atoms with Gasteiger partial charge in [0.25, 0.3) is 0 Å². The maximum atomic E-state index is 12.8.